The molecule has 2 aliphatic heterocycles. The molecular formula is C24H28FN3O2. The lowest BCUT2D eigenvalue weighted by Gasteiger charge is -2.27. The van der Waals surface area contributed by atoms with E-state index in [0.29, 0.717) is 13.1 Å². The molecule has 6 heteroatoms. The van der Waals surface area contributed by atoms with E-state index in [-0.39, 0.29) is 23.7 Å². The average molecular weight is 410 g/mol. The molecule has 30 heavy (non-hydrogen) atoms. The van der Waals surface area contributed by atoms with Crippen molar-refractivity contribution in [2.24, 2.45) is 0 Å². The van der Waals surface area contributed by atoms with E-state index in [2.05, 4.69) is 16.3 Å². The Hall–Kier alpha value is -2.73. The van der Waals surface area contributed by atoms with E-state index in [1.54, 1.807) is 19.1 Å². The number of nitrogens with zero attached hydrogens (tertiary/aromatic N) is 2. The molecule has 2 aromatic carbocycles. The fourth-order valence-electron chi connectivity index (χ4n) is 4.40. The second-order valence-corrected chi connectivity index (χ2v) is 8.36. The molecule has 5 nitrogen and oxygen atoms in total. The Bertz CT molecular complexity index is 978. The van der Waals surface area contributed by atoms with Crippen LogP contribution in [0.4, 0.5) is 4.39 Å². The normalized spacial score (nSPS) is 19.9. The Balaban J connectivity index is 1.27. The highest BCUT2D eigenvalue weighted by atomic mass is 19.1. The van der Waals surface area contributed by atoms with Gasteiger partial charge in [0.05, 0.1) is 0 Å². The molecule has 2 saturated heterocycles. The number of hydrogen-bond donors (Lipinski definition) is 1. The molecule has 2 amide bonds. The predicted octanol–water partition coefficient (Wildman–Crippen LogP) is 3.24. The first-order chi connectivity index (χ1) is 14.5. The standard InChI is InChI=1S/C24H28FN3O2/c1-17(29)28-10-6-18(7-11-28)13-24(30)26-23-8-9-27(16-23)15-19-2-3-21-14-22(25)5-4-20(21)12-19/h2-5,12-14,23H,6-11,15-16H2,1H3,(H,26,30)/t23-/m1/s1. The third kappa shape index (κ3) is 5.05. The van der Waals surface area contributed by atoms with Crippen LogP contribution in [0.1, 0.15) is 31.7 Å². The molecule has 0 radical (unpaired) electrons. The van der Waals surface area contributed by atoms with Crippen molar-refractivity contribution >= 4 is 22.6 Å². The Morgan fingerprint density at radius 1 is 1.10 bits per heavy atom. The number of nitrogens with one attached hydrogen (secondary N) is 1. The summed E-state index contributed by atoms with van der Waals surface area (Å²) in [4.78, 5) is 28.0. The van der Waals surface area contributed by atoms with E-state index < -0.39 is 0 Å². The zero-order valence-electron chi connectivity index (χ0n) is 17.4. The SMILES string of the molecule is CC(=O)N1CCC(=CC(=O)N[C@@H]2CCN(Cc3ccc4cc(F)ccc4c3)C2)CC1. The zero-order valence-corrected chi connectivity index (χ0v) is 17.4. The van der Waals surface area contributed by atoms with Crippen molar-refractivity contribution in [1.29, 1.82) is 0 Å². The highest BCUT2D eigenvalue weighted by Gasteiger charge is 2.24. The Morgan fingerprint density at radius 2 is 1.83 bits per heavy atom. The van der Waals surface area contributed by atoms with Crippen LogP contribution in [0.25, 0.3) is 10.8 Å². The number of carbonyl (C=O) groups is 2. The summed E-state index contributed by atoms with van der Waals surface area (Å²) in [6.45, 7) is 5.58. The monoisotopic (exact) mass is 409 g/mol. The Kier molecular flexibility index (Phi) is 6.13. The van der Waals surface area contributed by atoms with Crippen molar-refractivity contribution in [2.45, 2.75) is 38.8 Å². The maximum absolute atomic E-state index is 13.3. The fourth-order valence-corrected chi connectivity index (χ4v) is 4.40. The molecule has 0 aliphatic carbocycles. The number of rotatable bonds is 4. The largest absolute Gasteiger partial charge is 0.348 e. The maximum atomic E-state index is 13.3. The van der Waals surface area contributed by atoms with Gasteiger partial charge in [-0.1, -0.05) is 23.8 Å². The van der Waals surface area contributed by atoms with Gasteiger partial charge in [0.25, 0.3) is 0 Å². The van der Waals surface area contributed by atoms with Gasteiger partial charge in [-0.3, -0.25) is 14.5 Å². The minimum absolute atomic E-state index is 0.0270. The Morgan fingerprint density at radius 3 is 2.60 bits per heavy atom. The van der Waals surface area contributed by atoms with E-state index >= 15 is 0 Å². The third-order valence-electron chi connectivity index (χ3n) is 6.08. The van der Waals surface area contributed by atoms with Gasteiger partial charge < -0.3 is 10.2 Å². The Labute approximate surface area is 176 Å². The lowest BCUT2D eigenvalue weighted by molar-refractivity contribution is -0.129. The van der Waals surface area contributed by atoms with Crippen LogP contribution in [-0.2, 0) is 16.1 Å². The van der Waals surface area contributed by atoms with Gasteiger partial charge in [0.2, 0.25) is 11.8 Å². The number of fused-ring (bicyclic) bond motifs is 1. The van der Waals surface area contributed by atoms with Crippen LogP contribution >= 0.6 is 0 Å². The van der Waals surface area contributed by atoms with Gasteiger partial charge in [0.1, 0.15) is 5.82 Å². The maximum Gasteiger partial charge on any atom is 0.244 e. The summed E-state index contributed by atoms with van der Waals surface area (Å²) in [7, 11) is 0. The van der Waals surface area contributed by atoms with Gasteiger partial charge in [-0.15, -0.1) is 0 Å². The summed E-state index contributed by atoms with van der Waals surface area (Å²) in [6, 6.07) is 11.1. The van der Waals surface area contributed by atoms with E-state index in [0.717, 1.165) is 55.2 Å². The van der Waals surface area contributed by atoms with E-state index in [1.165, 1.54) is 11.6 Å². The number of hydrogen-bond acceptors (Lipinski definition) is 3. The van der Waals surface area contributed by atoms with Crippen molar-refractivity contribution in [3.05, 3.63) is 59.4 Å². The summed E-state index contributed by atoms with van der Waals surface area (Å²) in [6.07, 6.45) is 4.21. The van der Waals surface area contributed by atoms with Crippen LogP contribution in [0.5, 0.6) is 0 Å². The van der Waals surface area contributed by atoms with Crippen LogP contribution in [0, 0.1) is 5.82 Å². The van der Waals surface area contributed by atoms with Gasteiger partial charge in [0.15, 0.2) is 0 Å². The van der Waals surface area contributed by atoms with Gasteiger partial charge in [-0.25, -0.2) is 4.39 Å². The van der Waals surface area contributed by atoms with Crippen LogP contribution < -0.4 is 5.32 Å². The highest BCUT2D eigenvalue weighted by Crippen LogP contribution is 2.20. The van der Waals surface area contributed by atoms with Crippen LogP contribution in [0.3, 0.4) is 0 Å². The lowest BCUT2D eigenvalue weighted by Crippen LogP contribution is -2.37. The molecule has 2 fully saturated rings. The van der Waals surface area contributed by atoms with E-state index in [9.17, 15) is 14.0 Å². The molecule has 1 N–H and O–H groups in total. The topological polar surface area (TPSA) is 52.7 Å². The molecule has 0 unspecified atom stereocenters. The smallest absolute Gasteiger partial charge is 0.244 e. The number of carbonyl (C=O) groups excluding carboxylic acids is 2. The summed E-state index contributed by atoms with van der Waals surface area (Å²) in [5.41, 5.74) is 2.31. The number of likely N-dealkylation sites (tertiary alicyclic amines) is 2. The molecule has 0 spiro atoms. The quantitative estimate of drug-likeness (QED) is 0.789. The van der Waals surface area contributed by atoms with Crippen molar-refractivity contribution in [1.82, 2.24) is 15.1 Å². The summed E-state index contributed by atoms with van der Waals surface area (Å²) in [5, 5.41) is 5.08. The minimum Gasteiger partial charge on any atom is -0.348 e. The first-order valence-corrected chi connectivity index (χ1v) is 10.6. The molecule has 2 aliphatic rings. The molecule has 0 aromatic heterocycles. The molecule has 4 rings (SSSR count). The van der Waals surface area contributed by atoms with Crippen LogP contribution in [0.15, 0.2) is 48.0 Å². The van der Waals surface area contributed by atoms with E-state index in [4.69, 9.17) is 0 Å². The number of halogens is 1. The number of piperidine rings is 1. The lowest BCUT2D eigenvalue weighted by atomic mass is 10.0. The number of benzene rings is 2. The molecule has 2 aromatic rings. The van der Waals surface area contributed by atoms with Crippen molar-refractivity contribution < 1.29 is 14.0 Å². The third-order valence-corrected chi connectivity index (χ3v) is 6.08. The molecule has 2 heterocycles. The molecular weight excluding hydrogens is 381 g/mol. The second-order valence-electron chi connectivity index (χ2n) is 8.36. The number of amides is 2. The van der Waals surface area contributed by atoms with Gasteiger partial charge in [0, 0.05) is 51.8 Å². The molecule has 0 saturated carbocycles. The van der Waals surface area contributed by atoms with Crippen LogP contribution in [-0.4, -0.2) is 53.8 Å². The first-order valence-electron chi connectivity index (χ1n) is 10.6. The fraction of sp³-hybridized carbons (Fsp3) is 0.417. The predicted molar refractivity (Wildman–Crippen MR) is 115 cm³/mol. The highest BCUT2D eigenvalue weighted by molar-refractivity contribution is 5.88. The summed E-state index contributed by atoms with van der Waals surface area (Å²) >= 11 is 0. The van der Waals surface area contributed by atoms with Crippen LogP contribution in [0.2, 0.25) is 0 Å². The molecule has 0 bridgehead atoms. The van der Waals surface area contributed by atoms with Crippen molar-refractivity contribution in [3.8, 4) is 0 Å². The second kappa shape index (κ2) is 8.96. The zero-order chi connectivity index (χ0) is 21.1. The van der Waals surface area contributed by atoms with Gasteiger partial charge >= 0.3 is 0 Å². The van der Waals surface area contributed by atoms with Crippen molar-refractivity contribution in [3.63, 3.8) is 0 Å². The first kappa shape index (κ1) is 20.5. The summed E-state index contributed by atoms with van der Waals surface area (Å²) in [5.74, 6) is -0.142. The molecule has 1 atom stereocenters. The molecule has 158 valence electrons. The minimum atomic E-state index is -0.215. The van der Waals surface area contributed by atoms with Gasteiger partial charge in [-0.2, -0.15) is 0 Å². The van der Waals surface area contributed by atoms with Gasteiger partial charge in [-0.05, 0) is 53.8 Å². The average Bonchev–Trinajstić information content (AvgIpc) is 3.15. The van der Waals surface area contributed by atoms with E-state index in [1.807, 2.05) is 23.1 Å². The van der Waals surface area contributed by atoms with Crippen molar-refractivity contribution in [2.75, 3.05) is 26.2 Å². The summed E-state index contributed by atoms with van der Waals surface area (Å²) < 4.78 is 13.3.